The van der Waals surface area contributed by atoms with E-state index < -0.39 is 10.0 Å². The summed E-state index contributed by atoms with van der Waals surface area (Å²) in [7, 11) is -0.0776. The summed E-state index contributed by atoms with van der Waals surface area (Å²) in [5.74, 6) is 0.729. The van der Waals surface area contributed by atoms with Gasteiger partial charge in [-0.1, -0.05) is 24.6 Å². The van der Waals surface area contributed by atoms with Crippen LogP contribution in [0.5, 0.6) is 0 Å². The number of carbonyl (C=O) groups excluding carboxylic acids is 1. The minimum Gasteiger partial charge on any atom is -0.327 e. The van der Waals surface area contributed by atoms with E-state index in [1.165, 1.54) is 0 Å². The van der Waals surface area contributed by atoms with Crippen molar-refractivity contribution in [3.05, 3.63) is 59.8 Å². The normalized spacial score (nSPS) is 24.3. The zero-order valence-corrected chi connectivity index (χ0v) is 21.5. The molecule has 2 heterocycles. The van der Waals surface area contributed by atoms with Crippen LogP contribution in [0.25, 0.3) is 0 Å². The lowest BCUT2D eigenvalue weighted by atomic mass is 9.41. The van der Waals surface area contributed by atoms with Crippen LogP contribution in [0.1, 0.15) is 42.1 Å². The Morgan fingerprint density at radius 1 is 1.00 bits per heavy atom. The van der Waals surface area contributed by atoms with Gasteiger partial charge in [0.1, 0.15) is 5.69 Å². The number of amides is 1. The molecule has 10 heteroatoms. The molecule has 3 aliphatic carbocycles. The fourth-order valence-electron chi connectivity index (χ4n) is 6.05. The third-order valence-corrected chi connectivity index (χ3v) is 9.10. The lowest BCUT2D eigenvalue weighted by Crippen LogP contribution is -2.73. The molecule has 2 N–H and O–H groups in total. The second-order valence-corrected chi connectivity index (χ2v) is 12.4. The number of hydrogen-bond donors (Lipinski definition) is 2. The Morgan fingerprint density at radius 3 is 2.47 bits per heavy atom. The molecule has 0 spiro atoms. The average Bonchev–Trinajstić information content (AvgIpc) is 2.87. The minimum absolute atomic E-state index is 0.133. The Morgan fingerprint density at radius 2 is 1.75 bits per heavy atom. The summed E-state index contributed by atoms with van der Waals surface area (Å²) in [5.41, 5.74) is 3.50. The topological polar surface area (TPSA) is 108 Å². The summed E-state index contributed by atoms with van der Waals surface area (Å²) in [6.07, 6.45) is 4.29. The summed E-state index contributed by atoms with van der Waals surface area (Å²) in [4.78, 5) is 25.8. The first-order valence-corrected chi connectivity index (χ1v) is 13.4. The van der Waals surface area contributed by atoms with E-state index in [-0.39, 0.29) is 16.3 Å². The van der Waals surface area contributed by atoms with E-state index in [0.29, 0.717) is 34.1 Å². The molecule has 1 amide bonds. The molecule has 0 unspecified atom stereocenters. The van der Waals surface area contributed by atoms with Crippen LogP contribution >= 0.6 is 0 Å². The van der Waals surface area contributed by atoms with E-state index in [1.54, 1.807) is 42.4 Å². The monoisotopic (exact) mass is 504 g/mol. The van der Waals surface area contributed by atoms with Crippen molar-refractivity contribution in [2.24, 2.45) is 5.41 Å². The van der Waals surface area contributed by atoms with Crippen LogP contribution in [-0.4, -0.2) is 43.9 Å². The zero-order chi connectivity index (χ0) is 25.5. The van der Waals surface area contributed by atoms with E-state index in [1.807, 2.05) is 37.1 Å². The van der Waals surface area contributed by atoms with E-state index >= 15 is 0 Å². The summed E-state index contributed by atoms with van der Waals surface area (Å²) < 4.78 is 29.0. The van der Waals surface area contributed by atoms with Gasteiger partial charge in [0, 0.05) is 25.3 Å². The molecule has 3 aromatic rings. The van der Waals surface area contributed by atoms with E-state index in [4.69, 9.17) is 0 Å². The second kappa shape index (κ2) is 7.50. The quantitative estimate of drug-likeness (QED) is 0.538. The molecule has 0 atom stereocenters. The fraction of sp³-hybridized carbons (Fsp3) is 0.346. The van der Waals surface area contributed by atoms with Crippen molar-refractivity contribution >= 4 is 44.8 Å². The molecular formula is C26H28N6O3S. The van der Waals surface area contributed by atoms with Gasteiger partial charge in [0.05, 0.1) is 22.3 Å². The van der Waals surface area contributed by atoms with E-state index in [9.17, 15) is 13.2 Å². The molecule has 1 aliphatic heterocycles. The first-order chi connectivity index (χ1) is 17.0. The first-order valence-electron chi connectivity index (χ1n) is 11.9. The fourth-order valence-corrected chi connectivity index (χ4v) is 7.49. The van der Waals surface area contributed by atoms with E-state index in [2.05, 4.69) is 26.9 Å². The summed E-state index contributed by atoms with van der Waals surface area (Å²) >= 11 is 0. The molecule has 1 aromatic heterocycles. The van der Waals surface area contributed by atoms with Gasteiger partial charge in [-0.15, -0.1) is 0 Å². The highest BCUT2D eigenvalue weighted by Crippen LogP contribution is 2.67. The number of anilines is 5. The highest BCUT2D eigenvalue weighted by molar-refractivity contribution is 7.89. The first kappa shape index (κ1) is 22.9. The number of nitrogens with zero attached hydrogens (tertiary/aromatic N) is 4. The van der Waals surface area contributed by atoms with Gasteiger partial charge in [-0.05, 0) is 61.9 Å². The van der Waals surface area contributed by atoms with Crippen molar-refractivity contribution in [1.82, 2.24) is 14.7 Å². The lowest BCUT2D eigenvalue weighted by Gasteiger charge is -2.69. The van der Waals surface area contributed by atoms with Crippen molar-refractivity contribution in [3.8, 4) is 0 Å². The lowest BCUT2D eigenvalue weighted by molar-refractivity contribution is -0.126. The minimum atomic E-state index is -3.64. The maximum absolute atomic E-state index is 13.1. The predicted molar refractivity (Wildman–Crippen MR) is 139 cm³/mol. The molecule has 0 saturated heterocycles. The molecule has 36 heavy (non-hydrogen) atoms. The number of aromatic nitrogens is 2. The Kier molecular flexibility index (Phi) is 4.78. The smallest absolute Gasteiger partial charge is 0.260 e. The standard InChI is InChI=1S/C26H28N6O3S/c1-16-8-9-20-19(10-16)23(33)32(4)21-12-27-24(29-22(21)31(20)3)28-17-6-5-7-18(11-17)36(34,35)30-26-13-25(2,14-26)15-26/h5-12,30H,13-15H2,1-4H3,(H,27,28,29). The van der Waals surface area contributed by atoms with Crippen LogP contribution in [0.4, 0.5) is 28.8 Å². The Bertz CT molecular complexity index is 1520. The van der Waals surface area contributed by atoms with Gasteiger partial charge in [-0.2, -0.15) is 4.98 Å². The third-order valence-electron chi connectivity index (χ3n) is 7.52. The zero-order valence-electron chi connectivity index (χ0n) is 20.7. The molecule has 0 radical (unpaired) electrons. The van der Waals surface area contributed by atoms with Gasteiger partial charge in [0.2, 0.25) is 16.0 Å². The Hall–Kier alpha value is -3.50. The van der Waals surface area contributed by atoms with Crippen LogP contribution in [-0.2, 0) is 10.0 Å². The number of carbonyl (C=O) groups is 1. The molecular weight excluding hydrogens is 476 g/mol. The molecule has 3 fully saturated rings. The van der Waals surface area contributed by atoms with Crippen LogP contribution in [0.15, 0.2) is 53.6 Å². The van der Waals surface area contributed by atoms with Crippen LogP contribution in [0.3, 0.4) is 0 Å². The van der Waals surface area contributed by atoms with Gasteiger partial charge >= 0.3 is 0 Å². The number of fused-ring (bicyclic) bond motifs is 2. The SMILES string of the molecule is Cc1ccc2c(c1)C(=O)N(C)c1cnc(Nc3cccc(S(=O)(=O)NC45CC(C)(C4)C5)c3)nc1N2C. The van der Waals surface area contributed by atoms with Crippen molar-refractivity contribution in [2.75, 3.05) is 29.2 Å². The maximum Gasteiger partial charge on any atom is 0.260 e. The van der Waals surface area contributed by atoms with Crippen LogP contribution < -0.4 is 19.8 Å². The molecule has 4 aliphatic rings. The highest BCUT2D eigenvalue weighted by Gasteiger charge is 2.66. The molecule has 2 bridgehead atoms. The molecule has 3 saturated carbocycles. The van der Waals surface area contributed by atoms with Crippen LogP contribution in [0.2, 0.25) is 0 Å². The highest BCUT2D eigenvalue weighted by atomic mass is 32.2. The Labute approximate surface area is 210 Å². The summed E-state index contributed by atoms with van der Waals surface area (Å²) in [6, 6.07) is 12.4. The predicted octanol–water partition coefficient (Wildman–Crippen LogP) is 4.11. The summed E-state index contributed by atoms with van der Waals surface area (Å²) in [5, 5.41) is 3.13. The molecule has 9 nitrogen and oxygen atoms in total. The number of rotatable bonds is 5. The van der Waals surface area contributed by atoms with Gasteiger partial charge in [0.15, 0.2) is 5.82 Å². The summed E-state index contributed by atoms with van der Waals surface area (Å²) in [6.45, 7) is 4.14. The maximum atomic E-state index is 13.1. The van der Waals surface area contributed by atoms with Gasteiger partial charge in [-0.3, -0.25) is 4.79 Å². The molecule has 2 aromatic carbocycles. The number of hydrogen-bond acceptors (Lipinski definition) is 7. The van der Waals surface area contributed by atoms with Gasteiger partial charge in [-0.25, -0.2) is 18.1 Å². The molecule has 7 rings (SSSR count). The average molecular weight is 505 g/mol. The number of aryl methyl sites for hydroxylation is 1. The van der Waals surface area contributed by atoms with Crippen molar-refractivity contribution < 1.29 is 13.2 Å². The van der Waals surface area contributed by atoms with Gasteiger partial charge < -0.3 is 15.1 Å². The number of sulfonamides is 1. The van der Waals surface area contributed by atoms with Crippen LogP contribution in [0, 0.1) is 12.3 Å². The second-order valence-electron chi connectivity index (χ2n) is 10.7. The van der Waals surface area contributed by atoms with Crippen molar-refractivity contribution in [1.29, 1.82) is 0 Å². The largest absolute Gasteiger partial charge is 0.327 e. The van der Waals surface area contributed by atoms with Crippen molar-refractivity contribution in [3.63, 3.8) is 0 Å². The number of benzene rings is 2. The number of nitrogens with one attached hydrogen (secondary N) is 2. The van der Waals surface area contributed by atoms with Gasteiger partial charge in [0.25, 0.3) is 5.91 Å². The third kappa shape index (κ3) is 3.55. The Balaban J connectivity index is 1.29. The van der Waals surface area contributed by atoms with E-state index in [0.717, 1.165) is 30.5 Å². The van der Waals surface area contributed by atoms with Crippen molar-refractivity contribution in [2.45, 2.75) is 43.5 Å². The molecule has 186 valence electrons.